The number of nitrogens with one attached hydrogen (secondary N) is 1. The zero-order chi connectivity index (χ0) is 23.0. The number of hydrogen-bond acceptors (Lipinski definition) is 7. The third kappa shape index (κ3) is 3.14. The fourth-order valence-corrected chi connectivity index (χ4v) is 7.41. The van der Waals surface area contributed by atoms with E-state index in [1.165, 1.54) is 10.4 Å². The summed E-state index contributed by atoms with van der Waals surface area (Å²) in [6.45, 7) is 1.90. The van der Waals surface area contributed by atoms with Crippen molar-refractivity contribution < 1.29 is 4.79 Å². The molecule has 2 fully saturated rings. The molecule has 2 saturated heterocycles. The van der Waals surface area contributed by atoms with Crippen LogP contribution in [0.3, 0.4) is 0 Å². The molecule has 0 radical (unpaired) electrons. The molecule has 10 heteroatoms. The Kier molecular flexibility index (Phi) is 4.62. The second-order valence-corrected chi connectivity index (χ2v) is 11.2. The number of carbonyl (C=O) groups excluding carboxylic acids is 1. The summed E-state index contributed by atoms with van der Waals surface area (Å²) in [6, 6.07) is 4.84. The molecule has 1 N–H and O–H groups in total. The van der Waals surface area contributed by atoms with Gasteiger partial charge >= 0.3 is 0 Å². The number of nitrogens with zero attached hydrogens (tertiary/aromatic N) is 6. The normalized spacial score (nSPS) is 24.3. The van der Waals surface area contributed by atoms with Crippen molar-refractivity contribution in [3.8, 4) is 0 Å². The van der Waals surface area contributed by atoms with Crippen molar-refractivity contribution in [2.75, 3.05) is 25.5 Å². The number of likely N-dealkylation sites (tertiary alicyclic amines) is 2. The van der Waals surface area contributed by atoms with Crippen molar-refractivity contribution in [3.63, 3.8) is 0 Å². The largest absolute Gasteiger partial charge is 0.338 e. The molecule has 3 aliphatic rings. The lowest BCUT2D eigenvalue weighted by Gasteiger charge is -2.35. The van der Waals surface area contributed by atoms with Gasteiger partial charge in [-0.1, -0.05) is 11.6 Å². The second kappa shape index (κ2) is 7.63. The molecular weight excluding hydrogens is 470 g/mol. The van der Waals surface area contributed by atoms with Gasteiger partial charge in [-0.3, -0.25) is 9.69 Å². The number of hydrogen-bond donors (Lipinski definition) is 1. The molecule has 7 rings (SSSR count). The number of halogens is 1. The Morgan fingerprint density at radius 1 is 1.26 bits per heavy atom. The van der Waals surface area contributed by atoms with Crippen LogP contribution in [0.4, 0.5) is 11.5 Å². The van der Waals surface area contributed by atoms with Gasteiger partial charge in [0.15, 0.2) is 0 Å². The van der Waals surface area contributed by atoms with Crippen molar-refractivity contribution in [3.05, 3.63) is 46.3 Å². The van der Waals surface area contributed by atoms with Gasteiger partial charge in [0.05, 0.1) is 21.6 Å². The van der Waals surface area contributed by atoms with Gasteiger partial charge in [0, 0.05) is 48.4 Å². The molecule has 4 aromatic heterocycles. The lowest BCUT2D eigenvalue weighted by Crippen LogP contribution is -2.49. The van der Waals surface area contributed by atoms with E-state index in [9.17, 15) is 4.79 Å². The molecule has 1 amide bonds. The van der Waals surface area contributed by atoms with Crippen molar-refractivity contribution in [2.24, 2.45) is 5.92 Å². The van der Waals surface area contributed by atoms with Crippen LogP contribution in [0.25, 0.3) is 15.7 Å². The van der Waals surface area contributed by atoms with Crippen molar-refractivity contribution >= 4 is 56.1 Å². The summed E-state index contributed by atoms with van der Waals surface area (Å²) in [5.74, 6) is 1.17. The van der Waals surface area contributed by atoms with Crippen LogP contribution in [0.15, 0.2) is 30.9 Å². The van der Waals surface area contributed by atoms with E-state index in [0.29, 0.717) is 23.0 Å². The molecule has 1 aliphatic carbocycles. The first-order chi connectivity index (χ1) is 16.5. The first-order valence-corrected chi connectivity index (χ1v) is 12.9. The van der Waals surface area contributed by atoms with Gasteiger partial charge in [-0.05, 0) is 50.4 Å². The number of fused-ring (bicyclic) bond motifs is 6. The average Bonchev–Trinajstić information content (AvgIpc) is 3.60. The van der Waals surface area contributed by atoms with E-state index < -0.39 is 0 Å². The SMILES string of the molecule is CN1C[C@H]2C[C@@H]1CN2C(=O)[C@H]1CCc2c(sc3ncnc(Nc4cc5ccnn5cc4Cl)c23)C1. The van der Waals surface area contributed by atoms with Crippen molar-refractivity contribution in [1.29, 1.82) is 0 Å². The Labute approximate surface area is 205 Å². The Hall–Kier alpha value is -2.75. The second-order valence-electron chi connectivity index (χ2n) is 9.68. The van der Waals surface area contributed by atoms with Gasteiger partial charge in [0.1, 0.15) is 17.0 Å². The Bertz CT molecular complexity index is 1450. The van der Waals surface area contributed by atoms with E-state index >= 15 is 0 Å². The first kappa shape index (κ1) is 20.6. The van der Waals surface area contributed by atoms with Crippen LogP contribution in [0.1, 0.15) is 23.3 Å². The number of likely N-dealkylation sites (N-methyl/N-ethyl adjacent to an activating group) is 1. The van der Waals surface area contributed by atoms with Crippen LogP contribution in [0.2, 0.25) is 5.02 Å². The number of anilines is 2. The summed E-state index contributed by atoms with van der Waals surface area (Å²) in [5, 5.41) is 9.31. The van der Waals surface area contributed by atoms with Gasteiger partial charge in [-0.2, -0.15) is 5.10 Å². The van der Waals surface area contributed by atoms with E-state index in [-0.39, 0.29) is 5.92 Å². The minimum atomic E-state index is 0.0632. The molecule has 174 valence electrons. The highest BCUT2D eigenvalue weighted by Crippen LogP contribution is 2.42. The van der Waals surface area contributed by atoms with Gasteiger partial charge in [-0.25, -0.2) is 14.5 Å². The molecule has 3 atom stereocenters. The summed E-state index contributed by atoms with van der Waals surface area (Å²) in [4.78, 5) is 29.3. The highest BCUT2D eigenvalue weighted by Gasteiger charge is 2.45. The molecule has 6 heterocycles. The van der Waals surface area contributed by atoms with E-state index in [1.54, 1.807) is 34.6 Å². The summed E-state index contributed by atoms with van der Waals surface area (Å²) < 4.78 is 1.75. The average molecular weight is 494 g/mol. The van der Waals surface area contributed by atoms with Crippen LogP contribution < -0.4 is 5.32 Å². The van der Waals surface area contributed by atoms with Crippen molar-refractivity contribution in [2.45, 2.75) is 37.8 Å². The zero-order valence-electron chi connectivity index (χ0n) is 18.7. The lowest BCUT2D eigenvalue weighted by atomic mass is 9.86. The number of amides is 1. The smallest absolute Gasteiger partial charge is 0.226 e. The summed E-state index contributed by atoms with van der Waals surface area (Å²) in [7, 11) is 2.17. The van der Waals surface area contributed by atoms with Crippen LogP contribution >= 0.6 is 22.9 Å². The fraction of sp³-hybridized carbons (Fsp3) is 0.417. The first-order valence-electron chi connectivity index (χ1n) is 11.7. The highest BCUT2D eigenvalue weighted by molar-refractivity contribution is 7.19. The molecular formula is C24H24ClN7OS. The molecule has 2 aliphatic heterocycles. The maximum atomic E-state index is 13.4. The molecule has 34 heavy (non-hydrogen) atoms. The predicted molar refractivity (Wildman–Crippen MR) is 133 cm³/mol. The predicted octanol–water partition coefficient (Wildman–Crippen LogP) is 3.76. The van der Waals surface area contributed by atoms with Gasteiger partial charge < -0.3 is 10.2 Å². The third-order valence-electron chi connectivity index (χ3n) is 7.73. The van der Waals surface area contributed by atoms with E-state index in [1.807, 2.05) is 12.1 Å². The van der Waals surface area contributed by atoms with Crippen LogP contribution in [-0.2, 0) is 17.6 Å². The highest BCUT2D eigenvalue weighted by atomic mass is 35.5. The molecule has 0 aromatic carbocycles. The Morgan fingerprint density at radius 2 is 2.18 bits per heavy atom. The molecule has 8 nitrogen and oxygen atoms in total. The number of pyridine rings is 1. The number of thiophene rings is 1. The quantitative estimate of drug-likeness (QED) is 0.468. The maximum Gasteiger partial charge on any atom is 0.226 e. The lowest BCUT2D eigenvalue weighted by molar-refractivity contribution is -0.138. The number of rotatable bonds is 3. The minimum absolute atomic E-state index is 0.0632. The number of aryl methyl sites for hydroxylation is 1. The summed E-state index contributed by atoms with van der Waals surface area (Å²) in [6.07, 6.45) is 8.79. The van der Waals surface area contributed by atoms with Crippen LogP contribution in [0.5, 0.6) is 0 Å². The standard InChI is InChI=1S/C24H24ClN7OS/c1-30-9-16-7-15(30)10-31(16)24(33)13-2-3-17-20(6-13)34-23-21(17)22(26-12-27-23)29-19-8-14-4-5-28-32(14)11-18(19)25/h4-5,8,11-13,15-16H,2-3,6-7,9-10H2,1H3,(H,26,27,29)/t13-,15+,16+/m0/s1. The van der Waals surface area contributed by atoms with Crippen LogP contribution in [0, 0.1) is 5.92 Å². The minimum Gasteiger partial charge on any atom is -0.338 e. The van der Waals surface area contributed by atoms with Gasteiger partial charge in [0.25, 0.3) is 0 Å². The van der Waals surface area contributed by atoms with E-state index in [4.69, 9.17) is 11.6 Å². The number of carbonyl (C=O) groups is 1. The number of aromatic nitrogens is 4. The molecule has 4 aromatic rings. The molecule has 0 unspecified atom stereocenters. The molecule has 0 spiro atoms. The Balaban J connectivity index is 1.18. The summed E-state index contributed by atoms with van der Waals surface area (Å²) >= 11 is 8.22. The Morgan fingerprint density at radius 3 is 3.00 bits per heavy atom. The fourth-order valence-electron chi connectivity index (χ4n) is 5.95. The van der Waals surface area contributed by atoms with E-state index in [0.717, 1.165) is 66.0 Å². The third-order valence-corrected chi connectivity index (χ3v) is 9.19. The topological polar surface area (TPSA) is 78.7 Å². The maximum absolute atomic E-state index is 13.4. The number of piperazine rings is 1. The van der Waals surface area contributed by atoms with Gasteiger partial charge in [0.2, 0.25) is 5.91 Å². The van der Waals surface area contributed by atoms with Crippen molar-refractivity contribution in [1.82, 2.24) is 29.4 Å². The monoisotopic (exact) mass is 493 g/mol. The van der Waals surface area contributed by atoms with E-state index in [2.05, 4.69) is 37.2 Å². The molecule has 0 saturated carbocycles. The zero-order valence-corrected chi connectivity index (χ0v) is 20.3. The van der Waals surface area contributed by atoms with Crippen LogP contribution in [-0.4, -0.2) is 67.5 Å². The summed E-state index contributed by atoms with van der Waals surface area (Å²) in [5.41, 5.74) is 3.01. The molecule has 2 bridgehead atoms. The van der Waals surface area contributed by atoms with Gasteiger partial charge in [-0.15, -0.1) is 11.3 Å².